The zero-order valence-electron chi connectivity index (χ0n) is 11.0. The molecule has 0 aliphatic carbocycles. The Morgan fingerprint density at radius 2 is 2.19 bits per heavy atom. The maximum Gasteiger partial charge on any atom is 0.208 e. The predicted octanol–water partition coefficient (Wildman–Crippen LogP) is 0.963. The van der Waals surface area contributed by atoms with Crippen LogP contribution in [0.4, 0.5) is 0 Å². The summed E-state index contributed by atoms with van der Waals surface area (Å²) < 4.78 is 5.05. The van der Waals surface area contributed by atoms with E-state index < -0.39 is 0 Å². The van der Waals surface area contributed by atoms with Crippen LogP contribution in [-0.4, -0.2) is 43.7 Å². The number of nitrogens with zero attached hydrogens (tertiary/aromatic N) is 2. The van der Waals surface area contributed by atoms with Gasteiger partial charge in [0.2, 0.25) is 5.96 Å². The van der Waals surface area contributed by atoms with Crippen molar-refractivity contribution in [3.05, 3.63) is 0 Å². The first-order chi connectivity index (χ1) is 7.69. The summed E-state index contributed by atoms with van der Waals surface area (Å²) >= 11 is 0. The van der Waals surface area contributed by atoms with Crippen LogP contribution in [0.3, 0.4) is 0 Å². The molecule has 5 heteroatoms. The summed E-state index contributed by atoms with van der Waals surface area (Å²) in [5.41, 5.74) is 2.67. The fourth-order valence-corrected chi connectivity index (χ4v) is 1.46. The summed E-state index contributed by atoms with van der Waals surface area (Å²) in [6, 6.07) is 0.117. The minimum absolute atomic E-state index is 0.117. The second-order valence-electron chi connectivity index (χ2n) is 3.83. The SMILES string of the molecule is CCCCN(CC)C(=NC(C)COC)NN. The van der Waals surface area contributed by atoms with E-state index in [0.29, 0.717) is 6.61 Å². The highest BCUT2D eigenvalue weighted by Gasteiger charge is 2.09. The summed E-state index contributed by atoms with van der Waals surface area (Å²) in [6.45, 7) is 8.78. The number of unbranched alkanes of at least 4 members (excludes halogenated alkanes) is 1. The number of guanidine groups is 1. The van der Waals surface area contributed by atoms with E-state index in [0.717, 1.165) is 25.5 Å². The van der Waals surface area contributed by atoms with E-state index in [-0.39, 0.29) is 6.04 Å². The van der Waals surface area contributed by atoms with E-state index in [1.807, 2.05) is 6.92 Å². The molecule has 16 heavy (non-hydrogen) atoms. The highest BCUT2D eigenvalue weighted by molar-refractivity contribution is 5.79. The lowest BCUT2D eigenvalue weighted by atomic mass is 10.3. The highest BCUT2D eigenvalue weighted by Crippen LogP contribution is 1.98. The molecule has 0 rings (SSSR count). The van der Waals surface area contributed by atoms with E-state index in [2.05, 4.69) is 29.2 Å². The number of ether oxygens (including phenoxy) is 1. The number of rotatable bonds is 7. The number of aliphatic imine (C=N–C) groups is 1. The Balaban J connectivity index is 4.40. The molecule has 0 aliphatic heterocycles. The first-order valence-electron chi connectivity index (χ1n) is 5.97. The van der Waals surface area contributed by atoms with Crippen LogP contribution in [0.25, 0.3) is 0 Å². The Hall–Kier alpha value is -0.810. The quantitative estimate of drug-likeness (QED) is 0.296. The van der Waals surface area contributed by atoms with Crippen molar-refractivity contribution in [2.24, 2.45) is 10.8 Å². The Bertz CT molecular complexity index is 196. The molecule has 1 atom stereocenters. The summed E-state index contributed by atoms with van der Waals surface area (Å²) in [5.74, 6) is 6.25. The minimum atomic E-state index is 0.117. The largest absolute Gasteiger partial charge is 0.382 e. The zero-order valence-corrected chi connectivity index (χ0v) is 11.0. The molecule has 0 aliphatic rings. The van der Waals surface area contributed by atoms with Gasteiger partial charge in [-0.15, -0.1) is 0 Å². The number of hydrazine groups is 1. The third-order valence-electron chi connectivity index (χ3n) is 2.34. The molecule has 0 aromatic rings. The van der Waals surface area contributed by atoms with Crippen LogP contribution in [0.15, 0.2) is 4.99 Å². The molecular weight excluding hydrogens is 204 g/mol. The molecule has 0 radical (unpaired) electrons. The fourth-order valence-electron chi connectivity index (χ4n) is 1.46. The standard InChI is InChI=1S/C11H26N4O/c1-5-7-8-15(6-2)11(14-12)13-10(3)9-16-4/h10H,5-9,12H2,1-4H3,(H,13,14). The number of hydrogen-bond donors (Lipinski definition) is 2. The lowest BCUT2D eigenvalue weighted by Crippen LogP contribution is -2.46. The van der Waals surface area contributed by atoms with Gasteiger partial charge in [-0.3, -0.25) is 5.43 Å². The first kappa shape index (κ1) is 15.2. The summed E-state index contributed by atoms with van der Waals surface area (Å²) in [4.78, 5) is 6.64. The van der Waals surface area contributed by atoms with Gasteiger partial charge in [0.05, 0.1) is 12.6 Å². The molecule has 0 amide bonds. The van der Waals surface area contributed by atoms with Crippen molar-refractivity contribution in [2.75, 3.05) is 26.8 Å². The Morgan fingerprint density at radius 3 is 2.62 bits per heavy atom. The molecular formula is C11H26N4O. The topological polar surface area (TPSA) is 62.9 Å². The van der Waals surface area contributed by atoms with E-state index >= 15 is 0 Å². The maximum atomic E-state index is 5.50. The molecule has 0 aromatic carbocycles. The Morgan fingerprint density at radius 1 is 1.50 bits per heavy atom. The van der Waals surface area contributed by atoms with Gasteiger partial charge in [0.1, 0.15) is 0 Å². The number of nitrogens with one attached hydrogen (secondary N) is 1. The van der Waals surface area contributed by atoms with Crippen LogP contribution < -0.4 is 11.3 Å². The third-order valence-corrected chi connectivity index (χ3v) is 2.34. The zero-order chi connectivity index (χ0) is 12.4. The number of nitrogens with two attached hydrogens (primary N) is 1. The Kier molecular flexibility index (Phi) is 8.94. The average molecular weight is 230 g/mol. The van der Waals surface area contributed by atoms with Crippen molar-refractivity contribution in [3.8, 4) is 0 Å². The van der Waals surface area contributed by atoms with Crippen LogP contribution in [-0.2, 0) is 4.74 Å². The molecule has 0 saturated heterocycles. The van der Waals surface area contributed by atoms with Gasteiger partial charge in [0.25, 0.3) is 0 Å². The molecule has 5 nitrogen and oxygen atoms in total. The molecule has 0 spiro atoms. The van der Waals surface area contributed by atoms with E-state index in [9.17, 15) is 0 Å². The molecule has 0 fully saturated rings. The van der Waals surface area contributed by atoms with Crippen LogP contribution in [0.2, 0.25) is 0 Å². The van der Waals surface area contributed by atoms with Gasteiger partial charge >= 0.3 is 0 Å². The summed E-state index contributed by atoms with van der Waals surface area (Å²) in [7, 11) is 1.68. The minimum Gasteiger partial charge on any atom is -0.382 e. The third kappa shape index (κ3) is 5.92. The van der Waals surface area contributed by atoms with Crippen LogP contribution >= 0.6 is 0 Å². The van der Waals surface area contributed by atoms with Gasteiger partial charge in [-0.1, -0.05) is 13.3 Å². The van der Waals surface area contributed by atoms with Crippen molar-refractivity contribution in [3.63, 3.8) is 0 Å². The normalized spacial score (nSPS) is 13.7. The summed E-state index contributed by atoms with van der Waals surface area (Å²) in [6.07, 6.45) is 2.31. The van der Waals surface area contributed by atoms with Crippen LogP contribution in [0.1, 0.15) is 33.6 Å². The lowest BCUT2D eigenvalue weighted by molar-refractivity contribution is 0.185. The van der Waals surface area contributed by atoms with Crippen molar-refractivity contribution < 1.29 is 4.74 Å². The molecule has 0 heterocycles. The van der Waals surface area contributed by atoms with Gasteiger partial charge in [0, 0.05) is 20.2 Å². The first-order valence-corrected chi connectivity index (χ1v) is 5.97. The number of methoxy groups -OCH3 is 1. The van der Waals surface area contributed by atoms with Crippen molar-refractivity contribution in [1.82, 2.24) is 10.3 Å². The van der Waals surface area contributed by atoms with Gasteiger partial charge in [-0.05, 0) is 20.3 Å². The van der Waals surface area contributed by atoms with E-state index in [1.165, 1.54) is 6.42 Å². The van der Waals surface area contributed by atoms with Gasteiger partial charge in [-0.2, -0.15) is 0 Å². The van der Waals surface area contributed by atoms with Gasteiger partial charge in [0.15, 0.2) is 0 Å². The molecule has 1 unspecified atom stereocenters. The van der Waals surface area contributed by atoms with Crippen molar-refractivity contribution in [1.29, 1.82) is 0 Å². The monoisotopic (exact) mass is 230 g/mol. The maximum absolute atomic E-state index is 5.50. The molecule has 96 valence electrons. The van der Waals surface area contributed by atoms with E-state index in [1.54, 1.807) is 7.11 Å². The Labute approximate surface area is 99.0 Å². The molecule has 3 N–H and O–H groups in total. The van der Waals surface area contributed by atoms with Crippen molar-refractivity contribution in [2.45, 2.75) is 39.7 Å². The average Bonchev–Trinajstić information content (AvgIpc) is 2.28. The van der Waals surface area contributed by atoms with Gasteiger partial charge < -0.3 is 9.64 Å². The van der Waals surface area contributed by atoms with E-state index in [4.69, 9.17) is 10.6 Å². The molecule has 0 aromatic heterocycles. The van der Waals surface area contributed by atoms with Crippen LogP contribution in [0.5, 0.6) is 0 Å². The smallest absolute Gasteiger partial charge is 0.208 e. The molecule has 0 bridgehead atoms. The fraction of sp³-hybridized carbons (Fsp3) is 0.909. The highest BCUT2D eigenvalue weighted by atomic mass is 16.5. The second-order valence-corrected chi connectivity index (χ2v) is 3.83. The van der Waals surface area contributed by atoms with Crippen molar-refractivity contribution >= 4 is 5.96 Å². The second kappa shape index (κ2) is 9.42. The lowest BCUT2D eigenvalue weighted by Gasteiger charge is -2.24. The van der Waals surface area contributed by atoms with Crippen LogP contribution in [0, 0.1) is 0 Å². The molecule has 0 saturated carbocycles. The number of hydrogen-bond acceptors (Lipinski definition) is 3. The van der Waals surface area contributed by atoms with Gasteiger partial charge in [-0.25, -0.2) is 10.8 Å². The summed E-state index contributed by atoms with van der Waals surface area (Å²) in [5, 5.41) is 0. The predicted molar refractivity (Wildman–Crippen MR) is 68.3 cm³/mol.